The Labute approximate surface area is 134 Å². The lowest BCUT2D eigenvalue weighted by Gasteiger charge is -2.53. The van der Waals surface area contributed by atoms with E-state index in [0.717, 1.165) is 16.6 Å². The van der Waals surface area contributed by atoms with Gasteiger partial charge in [0, 0.05) is 10.9 Å². The van der Waals surface area contributed by atoms with Gasteiger partial charge in [0.25, 0.3) is 5.52 Å². The molecule has 0 amide bonds. The van der Waals surface area contributed by atoms with E-state index in [2.05, 4.69) is 10.4 Å². The molecule has 6 heteroatoms. The van der Waals surface area contributed by atoms with Crippen molar-refractivity contribution in [3.63, 3.8) is 0 Å². The molecule has 1 aromatic heterocycles. The van der Waals surface area contributed by atoms with Crippen LogP contribution in [0.2, 0.25) is 0 Å². The van der Waals surface area contributed by atoms with Gasteiger partial charge in [-0.05, 0) is 61.8 Å². The summed E-state index contributed by atoms with van der Waals surface area (Å²) >= 11 is 0. The monoisotopic (exact) mass is 312 g/mol. The van der Waals surface area contributed by atoms with Crippen LogP contribution in [0.15, 0.2) is 24.3 Å². The standard InChI is InChI=1S/C17H20N4O2/c22-20-14-3-1-2-4-15(14)21(23)19-17(20)18-16-12-6-10-5-11(8-12)9-13(16)7-10/h1-4,10-13,16H,5-9H2,(H,18,19)/t10-,11+,12-,13+,16?. The van der Waals surface area contributed by atoms with Gasteiger partial charge in [0.15, 0.2) is 5.52 Å². The minimum Gasteiger partial charge on any atom is -0.739 e. The number of nitrogens with one attached hydrogen (secondary N) is 1. The number of hydrogen-bond donors (Lipinski definition) is 1. The van der Waals surface area contributed by atoms with Crippen molar-refractivity contribution in [3.8, 4) is 0 Å². The average molecular weight is 312 g/mol. The maximum atomic E-state index is 12.6. The van der Waals surface area contributed by atoms with E-state index in [-0.39, 0.29) is 12.0 Å². The summed E-state index contributed by atoms with van der Waals surface area (Å²) < 4.78 is 0.773. The highest BCUT2D eigenvalue weighted by Crippen LogP contribution is 2.54. The molecule has 0 radical (unpaired) electrons. The SMILES string of the molecule is [O-][n+]1nc(NC2[C@H]3C[C@@H]4C[C@@H](C[C@H]2C4)C3)[n+]([O-])c2ccccc21. The van der Waals surface area contributed by atoms with Gasteiger partial charge in [-0.3, -0.25) is 5.32 Å². The number of para-hydroxylation sites is 2. The van der Waals surface area contributed by atoms with Gasteiger partial charge < -0.3 is 10.4 Å². The summed E-state index contributed by atoms with van der Waals surface area (Å²) in [6.45, 7) is 0. The molecule has 6 nitrogen and oxygen atoms in total. The van der Waals surface area contributed by atoms with E-state index in [1.54, 1.807) is 24.3 Å². The van der Waals surface area contributed by atoms with Crippen LogP contribution in [0.25, 0.3) is 11.0 Å². The quantitative estimate of drug-likeness (QED) is 0.677. The minimum atomic E-state index is 0.149. The molecule has 1 aromatic carbocycles. The predicted octanol–water partition coefficient (Wildman–Crippen LogP) is 1.74. The normalized spacial score (nSPS) is 34.9. The van der Waals surface area contributed by atoms with Crippen LogP contribution >= 0.6 is 0 Å². The molecule has 4 aliphatic carbocycles. The highest BCUT2D eigenvalue weighted by molar-refractivity contribution is 5.67. The summed E-state index contributed by atoms with van der Waals surface area (Å²) in [7, 11) is 0. The zero-order valence-electron chi connectivity index (χ0n) is 12.9. The Bertz CT molecular complexity index is 751. The molecule has 23 heavy (non-hydrogen) atoms. The van der Waals surface area contributed by atoms with Gasteiger partial charge in [0.1, 0.15) is 0 Å². The van der Waals surface area contributed by atoms with E-state index >= 15 is 0 Å². The second kappa shape index (κ2) is 4.69. The van der Waals surface area contributed by atoms with Crippen LogP contribution in [0.4, 0.5) is 5.95 Å². The Hall–Kier alpha value is -2.11. The predicted molar refractivity (Wildman–Crippen MR) is 84.1 cm³/mol. The van der Waals surface area contributed by atoms with Crippen molar-refractivity contribution in [3.05, 3.63) is 34.7 Å². The maximum absolute atomic E-state index is 12.6. The third-order valence-electron chi connectivity index (χ3n) is 6.21. The van der Waals surface area contributed by atoms with Crippen molar-refractivity contribution in [1.82, 2.24) is 5.10 Å². The zero-order valence-corrected chi connectivity index (χ0v) is 12.9. The molecule has 2 aromatic rings. The van der Waals surface area contributed by atoms with E-state index in [9.17, 15) is 10.4 Å². The van der Waals surface area contributed by atoms with Crippen molar-refractivity contribution in [1.29, 1.82) is 0 Å². The summed E-state index contributed by atoms with van der Waals surface area (Å²) in [6.07, 6.45) is 6.43. The summed E-state index contributed by atoms with van der Waals surface area (Å²) in [4.78, 5) is 0.558. The molecule has 120 valence electrons. The second-order valence-electron chi connectivity index (χ2n) is 7.58. The summed E-state index contributed by atoms with van der Waals surface area (Å²) in [5.41, 5.74) is 0.668. The Morgan fingerprint density at radius 3 is 2.17 bits per heavy atom. The van der Waals surface area contributed by atoms with E-state index in [4.69, 9.17) is 0 Å². The van der Waals surface area contributed by atoms with Crippen LogP contribution in [0.1, 0.15) is 32.1 Å². The van der Waals surface area contributed by atoms with Gasteiger partial charge in [0.05, 0.1) is 6.04 Å². The van der Waals surface area contributed by atoms with E-state index < -0.39 is 0 Å². The number of nitrogens with zero attached hydrogens (tertiary/aromatic N) is 3. The number of hydrogen-bond acceptors (Lipinski definition) is 4. The summed E-state index contributed by atoms with van der Waals surface area (Å²) in [5.74, 6) is 3.16. The molecule has 0 saturated heterocycles. The molecule has 4 fully saturated rings. The first-order valence-electron chi connectivity index (χ1n) is 8.57. The first kappa shape index (κ1) is 13.3. The van der Waals surface area contributed by atoms with Gasteiger partial charge in [0.2, 0.25) is 5.10 Å². The summed E-state index contributed by atoms with van der Waals surface area (Å²) in [5, 5.41) is 32.0. The van der Waals surface area contributed by atoms with Crippen LogP contribution in [0, 0.1) is 34.1 Å². The van der Waals surface area contributed by atoms with Gasteiger partial charge >= 0.3 is 5.95 Å². The van der Waals surface area contributed by atoms with Crippen LogP contribution in [0.3, 0.4) is 0 Å². The van der Waals surface area contributed by atoms with Crippen LogP contribution < -0.4 is 14.9 Å². The zero-order chi connectivity index (χ0) is 15.6. The molecule has 4 saturated carbocycles. The first-order chi connectivity index (χ1) is 11.2. The Morgan fingerprint density at radius 1 is 0.913 bits per heavy atom. The van der Waals surface area contributed by atoms with Gasteiger partial charge in [-0.1, -0.05) is 12.1 Å². The number of benzene rings is 1. The van der Waals surface area contributed by atoms with Crippen molar-refractivity contribution in [2.45, 2.75) is 38.1 Å². The topological polar surface area (TPSA) is 78.8 Å². The molecule has 1 N–H and O–H groups in total. The van der Waals surface area contributed by atoms with Crippen molar-refractivity contribution < 1.29 is 9.58 Å². The van der Waals surface area contributed by atoms with Crippen LogP contribution in [-0.2, 0) is 0 Å². The largest absolute Gasteiger partial charge is 0.739 e. The number of aromatic nitrogens is 3. The lowest BCUT2D eigenvalue weighted by molar-refractivity contribution is -0.672. The van der Waals surface area contributed by atoms with E-state index in [1.165, 1.54) is 32.1 Å². The van der Waals surface area contributed by atoms with Gasteiger partial charge in [-0.25, -0.2) is 4.73 Å². The molecular formula is C17H20N4O2. The van der Waals surface area contributed by atoms with Gasteiger partial charge in [-0.15, -0.1) is 0 Å². The smallest absolute Gasteiger partial charge is 0.461 e. The fourth-order valence-electron chi connectivity index (χ4n) is 5.49. The number of fused-ring (bicyclic) bond motifs is 1. The highest BCUT2D eigenvalue weighted by atomic mass is 16.5. The van der Waals surface area contributed by atoms with Gasteiger partial charge in [-0.2, -0.15) is 0 Å². The molecule has 1 heterocycles. The van der Waals surface area contributed by atoms with Crippen LogP contribution in [0.5, 0.6) is 0 Å². The molecular weight excluding hydrogens is 292 g/mol. The minimum absolute atomic E-state index is 0.149. The molecule has 6 rings (SSSR count). The second-order valence-corrected chi connectivity index (χ2v) is 7.58. The Morgan fingerprint density at radius 2 is 1.52 bits per heavy atom. The molecule has 0 aliphatic heterocycles. The fraction of sp³-hybridized carbons (Fsp3) is 0.588. The lowest BCUT2D eigenvalue weighted by Crippen LogP contribution is -2.54. The molecule has 4 bridgehead atoms. The molecule has 0 unspecified atom stereocenters. The number of rotatable bonds is 2. The number of anilines is 1. The van der Waals surface area contributed by atoms with E-state index in [1.807, 2.05) is 0 Å². The third kappa shape index (κ3) is 1.97. The average Bonchev–Trinajstić information content (AvgIpc) is 2.55. The van der Waals surface area contributed by atoms with E-state index in [0.29, 0.717) is 27.7 Å². The molecule has 0 atom stereocenters. The van der Waals surface area contributed by atoms with Crippen LogP contribution in [-0.4, -0.2) is 11.1 Å². The summed E-state index contributed by atoms with van der Waals surface area (Å²) in [6, 6.07) is 7.08. The maximum Gasteiger partial charge on any atom is 0.461 e. The fourth-order valence-corrected chi connectivity index (χ4v) is 5.49. The molecule has 4 aliphatic rings. The lowest BCUT2D eigenvalue weighted by atomic mass is 9.54. The van der Waals surface area contributed by atoms with Crippen molar-refractivity contribution in [2.75, 3.05) is 5.32 Å². The Kier molecular flexibility index (Phi) is 2.72. The van der Waals surface area contributed by atoms with Crippen molar-refractivity contribution in [2.24, 2.45) is 23.7 Å². The van der Waals surface area contributed by atoms with Crippen molar-refractivity contribution >= 4 is 17.0 Å². The highest BCUT2D eigenvalue weighted by Gasteiger charge is 2.50. The third-order valence-corrected chi connectivity index (χ3v) is 6.21. The Balaban J connectivity index is 1.51. The molecule has 0 spiro atoms. The first-order valence-corrected chi connectivity index (χ1v) is 8.57.